The first kappa shape index (κ1) is 28.7. The summed E-state index contributed by atoms with van der Waals surface area (Å²) in [5, 5.41) is 11.4. The van der Waals surface area contributed by atoms with Crippen LogP contribution in [0.15, 0.2) is 59.4 Å². The molecular formula is C35H40N6O3. The van der Waals surface area contributed by atoms with Crippen LogP contribution in [0, 0.1) is 11.8 Å². The largest absolute Gasteiger partial charge is 0.339 e. The molecule has 4 aliphatic rings. The third-order valence-corrected chi connectivity index (χ3v) is 9.64. The molecule has 2 amide bonds. The Morgan fingerprint density at radius 1 is 0.909 bits per heavy atom. The zero-order valence-corrected chi connectivity index (χ0v) is 25.6. The highest BCUT2D eigenvalue weighted by atomic mass is 16.2. The van der Waals surface area contributed by atoms with Gasteiger partial charge in [-0.05, 0) is 61.7 Å². The van der Waals surface area contributed by atoms with Crippen LogP contribution in [-0.2, 0) is 11.3 Å². The van der Waals surface area contributed by atoms with Crippen molar-refractivity contribution in [2.75, 3.05) is 40.3 Å². The van der Waals surface area contributed by atoms with Gasteiger partial charge in [-0.3, -0.25) is 14.4 Å². The van der Waals surface area contributed by atoms with Gasteiger partial charge in [0.2, 0.25) is 5.91 Å². The Kier molecular flexibility index (Phi) is 7.46. The third kappa shape index (κ3) is 5.28. The summed E-state index contributed by atoms with van der Waals surface area (Å²) in [7, 11) is 4.13. The Morgan fingerprint density at radius 3 is 2.23 bits per heavy atom. The predicted molar refractivity (Wildman–Crippen MR) is 169 cm³/mol. The van der Waals surface area contributed by atoms with Gasteiger partial charge in [0.15, 0.2) is 0 Å². The molecule has 2 aliphatic heterocycles. The fourth-order valence-corrected chi connectivity index (χ4v) is 7.09. The molecule has 2 aromatic carbocycles. The van der Waals surface area contributed by atoms with E-state index >= 15 is 0 Å². The highest BCUT2D eigenvalue weighted by Crippen LogP contribution is 2.48. The van der Waals surface area contributed by atoms with Crippen molar-refractivity contribution in [3.8, 4) is 0 Å². The van der Waals surface area contributed by atoms with Gasteiger partial charge in [0.1, 0.15) is 0 Å². The third-order valence-electron chi connectivity index (χ3n) is 9.64. The number of carbonyl (C=O) groups is 2. The second-order valence-electron chi connectivity index (χ2n) is 13.1. The predicted octanol–water partition coefficient (Wildman–Crippen LogP) is 3.71. The summed E-state index contributed by atoms with van der Waals surface area (Å²) in [5.41, 5.74) is 6.38. The van der Waals surface area contributed by atoms with Crippen LogP contribution >= 0.6 is 0 Å². The van der Waals surface area contributed by atoms with Crippen LogP contribution < -0.4 is 10.9 Å². The first-order valence-corrected chi connectivity index (χ1v) is 15.8. The second kappa shape index (κ2) is 11.4. The summed E-state index contributed by atoms with van der Waals surface area (Å²) >= 11 is 0. The van der Waals surface area contributed by atoms with Gasteiger partial charge >= 0.3 is 0 Å². The molecule has 3 heterocycles. The molecular weight excluding hydrogens is 552 g/mol. The lowest BCUT2D eigenvalue weighted by molar-refractivity contribution is -0.134. The molecule has 1 aromatic heterocycles. The molecule has 0 bridgehead atoms. The van der Waals surface area contributed by atoms with Crippen molar-refractivity contribution >= 4 is 17.9 Å². The standard InChI is InChI=1S/C35H40N6O3/c1-21-4-15-27-29-30(21)36-31(24-7-5-22(6-8-24)20-39(2)3)28(32(29)37-38-33(27)42)23-9-11-25(12-10-23)34(43)40-16-18-41(19-17-40)35(44)26-13-14-26/h4-12,15,21,26,28,30-31,36H,13-14,16-20H2,1-3H3,(H,38,42). The minimum Gasteiger partial charge on any atom is -0.339 e. The molecule has 228 valence electrons. The summed E-state index contributed by atoms with van der Waals surface area (Å²) in [6.07, 6.45) is 6.02. The van der Waals surface area contributed by atoms with E-state index in [0.29, 0.717) is 37.3 Å². The Balaban J connectivity index is 1.19. The quantitative estimate of drug-likeness (QED) is 0.453. The van der Waals surface area contributed by atoms with Gasteiger partial charge in [-0.15, -0.1) is 0 Å². The number of amides is 2. The van der Waals surface area contributed by atoms with E-state index in [1.165, 1.54) is 5.56 Å². The fraction of sp³-hybridized carbons (Fsp3) is 0.429. The monoisotopic (exact) mass is 592 g/mol. The number of hydrogen-bond acceptors (Lipinski definition) is 6. The van der Waals surface area contributed by atoms with Crippen LogP contribution in [-0.4, -0.2) is 77.0 Å². The maximum Gasteiger partial charge on any atom is 0.271 e. The lowest BCUT2D eigenvalue weighted by Gasteiger charge is -2.42. The van der Waals surface area contributed by atoms with Crippen molar-refractivity contribution in [1.29, 1.82) is 0 Å². The van der Waals surface area contributed by atoms with Crippen LogP contribution in [0.3, 0.4) is 0 Å². The molecule has 4 atom stereocenters. The van der Waals surface area contributed by atoms with Crippen molar-refractivity contribution in [2.45, 2.75) is 44.3 Å². The van der Waals surface area contributed by atoms with Gasteiger partial charge in [0.05, 0.1) is 5.69 Å². The lowest BCUT2D eigenvalue weighted by atomic mass is 9.73. The van der Waals surface area contributed by atoms with Crippen molar-refractivity contribution in [3.63, 3.8) is 0 Å². The highest BCUT2D eigenvalue weighted by molar-refractivity contribution is 5.94. The fourth-order valence-electron chi connectivity index (χ4n) is 7.09. The Labute approximate surface area is 257 Å². The number of H-pyrrole nitrogens is 1. The SMILES string of the molecule is CC1C=Cc2c3c(n[nH]c2=O)C(c2ccc(C(=O)N4CCN(C(=O)C5CC5)CC4)cc2)C(c2ccc(CN(C)C)cc2)NC31. The smallest absolute Gasteiger partial charge is 0.271 e. The molecule has 2 fully saturated rings. The molecule has 0 radical (unpaired) electrons. The van der Waals surface area contributed by atoms with E-state index < -0.39 is 0 Å². The summed E-state index contributed by atoms with van der Waals surface area (Å²) in [5.74, 6) is 0.465. The number of aromatic amines is 1. The Morgan fingerprint density at radius 2 is 1.57 bits per heavy atom. The van der Waals surface area contributed by atoms with E-state index in [2.05, 4.69) is 71.8 Å². The van der Waals surface area contributed by atoms with Gasteiger partial charge < -0.3 is 20.0 Å². The normalized spacial score (nSPS) is 24.4. The van der Waals surface area contributed by atoms with Gasteiger partial charge in [0.25, 0.3) is 11.5 Å². The van der Waals surface area contributed by atoms with Crippen molar-refractivity contribution in [2.24, 2.45) is 11.8 Å². The Hall–Kier alpha value is -4.08. The molecule has 9 heteroatoms. The van der Waals surface area contributed by atoms with Crippen molar-refractivity contribution < 1.29 is 9.59 Å². The average Bonchev–Trinajstić information content (AvgIpc) is 3.89. The first-order valence-electron chi connectivity index (χ1n) is 15.8. The van der Waals surface area contributed by atoms with Crippen LogP contribution in [0.1, 0.15) is 81.6 Å². The maximum atomic E-state index is 13.5. The molecule has 4 unspecified atom stereocenters. The molecule has 1 saturated carbocycles. The minimum atomic E-state index is -0.177. The van der Waals surface area contributed by atoms with Gasteiger partial charge in [-0.2, -0.15) is 5.10 Å². The van der Waals surface area contributed by atoms with Crippen molar-refractivity contribution in [1.82, 2.24) is 30.2 Å². The number of nitrogens with one attached hydrogen (secondary N) is 2. The molecule has 2 aliphatic carbocycles. The van der Waals surface area contributed by atoms with Crippen LogP contribution in [0.2, 0.25) is 0 Å². The number of carbonyl (C=O) groups excluding carboxylic acids is 2. The number of benzene rings is 2. The van der Waals surface area contributed by atoms with E-state index in [1.54, 1.807) is 0 Å². The maximum absolute atomic E-state index is 13.5. The van der Waals surface area contributed by atoms with E-state index in [-0.39, 0.29) is 47.2 Å². The molecule has 44 heavy (non-hydrogen) atoms. The van der Waals surface area contributed by atoms with Crippen LogP contribution in [0.25, 0.3) is 6.08 Å². The summed E-state index contributed by atoms with van der Waals surface area (Å²) in [6.45, 7) is 5.33. The van der Waals surface area contributed by atoms with Crippen LogP contribution in [0.4, 0.5) is 0 Å². The molecule has 1 saturated heterocycles. The van der Waals surface area contributed by atoms with E-state index in [9.17, 15) is 14.4 Å². The molecule has 0 spiro atoms. The molecule has 2 N–H and O–H groups in total. The second-order valence-corrected chi connectivity index (χ2v) is 13.1. The van der Waals surface area contributed by atoms with Crippen molar-refractivity contribution in [3.05, 3.63) is 104 Å². The van der Waals surface area contributed by atoms with E-state index in [1.807, 2.05) is 40.1 Å². The average molecular weight is 593 g/mol. The first-order chi connectivity index (χ1) is 21.3. The molecule has 9 nitrogen and oxygen atoms in total. The molecule has 7 rings (SSSR count). The van der Waals surface area contributed by atoms with Gasteiger partial charge in [-0.25, -0.2) is 5.10 Å². The number of rotatable bonds is 6. The van der Waals surface area contributed by atoms with Gasteiger partial charge in [-0.1, -0.05) is 55.5 Å². The topological polar surface area (TPSA) is 102 Å². The zero-order valence-electron chi connectivity index (χ0n) is 25.6. The van der Waals surface area contributed by atoms with E-state index in [0.717, 1.165) is 41.8 Å². The van der Waals surface area contributed by atoms with Gasteiger partial charge in [0, 0.05) is 73.3 Å². The highest BCUT2D eigenvalue weighted by Gasteiger charge is 2.42. The number of hydrogen-bond donors (Lipinski definition) is 2. The van der Waals surface area contributed by atoms with Crippen LogP contribution in [0.5, 0.6) is 0 Å². The lowest BCUT2D eigenvalue weighted by Crippen LogP contribution is -2.51. The number of aromatic nitrogens is 2. The summed E-state index contributed by atoms with van der Waals surface area (Å²) in [6, 6.07) is 16.5. The molecule has 3 aromatic rings. The summed E-state index contributed by atoms with van der Waals surface area (Å²) in [4.78, 5) is 44.7. The minimum absolute atomic E-state index is 0.0107. The summed E-state index contributed by atoms with van der Waals surface area (Å²) < 4.78 is 0. The number of nitrogens with zero attached hydrogens (tertiary/aromatic N) is 4. The zero-order chi connectivity index (χ0) is 30.5. The number of piperazine rings is 1. The Bertz CT molecular complexity index is 1650. The van der Waals surface area contributed by atoms with E-state index in [4.69, 9.17) is 0 Å².